The van der Waals surface area contributed by atoms with E-state index in [4.69, 9.17) is 14.9 Å². The summed E-state index contributed by atoms with van der Waals surface area (Å²) in [6.45, 7) is 2.87. The molecule has 0 saturated heterocycles. The van der Waals surface area contributed by atoms with Gasteiger partial charge in [-0.2, -0.15) is 0 Å². The van der Waals surface area contributed by atoms with Crippen molar-refractivity contribution >= 4 is 11.8 Å². The highest BCUT2D eigenvalue weighted by atomic mass is 32.2. The zero-order valence-electron chi connectivity index (χ0n) is 10.1. The lowest BCUT2D eigenvalue weighted by molar-refractivity contribution is 0.342. The van der Waals surface area contributed by atoms with Gasteiger partial charge in [0.1, 0.15) is 5.75 Å². The Balaban J connectivity index is 1.74. The Morgan fingerprint density at radius 2 is 2.28 bits per heavy atom. The zero-order valence-corrected chi connectivity index (χ0v) is 10.9. The molecule has 0 aliphatic rings. The fraction of sp³-hybridized carbons (Fsp3) is 0.333. The molecule has 6 heteroatoms. The van der Waals surface area contributed by atoms with Crippen LogP contribution in [-0.2, 0) is 6.54 Å². The van der Waals surface area contributed by atoms with Crippen molar-refractivity contribution in [1.82, 2.24) is 10.2 Å². The van der Waals surface area contributed by atoms with Gasteiger partial charge in [0.05, 0.1) is 6.61 Å². The maximum Gasteiger partial charge on any atom is 0.276 e. The molecule has 1 aromatic carbocycles. The van der Waals surface area contributed by atoms with Gasteiger partial charge in [0, 0.05) is 19.2 Å². The molecule has 2 aromatic rings. The van der Waals surface area contributed by atoms with Gasteiger partial charge in [0.25, 0.3) is 5.22 Å². The minimum Gasteiger partial charge on any atom is -0.493 e. The quantitative estimate of drug-likeness (QED) is 0.636. The standard InChI is InChI=1S/C12H15N3O2S/c1-9-14-15-12(17-9)18-6-5-16-11-4-2-3-10(7-11)8-13/h2-4,7H,5-6,8,13H2,1H3. The van der Waals surface area contributed by atoms with Gasteiger partial charge in [0.15, 0.2) is 0 Å². The third kappa shape index (κ3) is 3.75. The van der Waals surface area contributed by atoms with Crippen LogP contribution in [0, 0.1) is 6.92 Å². The number of hydrogen-bond donors (Lipinski definition) is 1. The molecule has 0 amide bonds. The van der Waals surface area contributed by atoms with E-state index in [-0.39, 0.29) is 0 Å². The Kier molecular flexibility index (Phi) is 4.60. The Morgan fingerprint density at radius 3 is 3.00 bits per heavy atom. The number of aryl methyl sites for hydroxylation is 1. The predicted octanol–water partition coefficient (Wildman–Crippen LogP) is 2.01. The largest absolute Gasteiger partial charge is 0.493 e. The Bertz CT molecular complexity index is 502. The van der Waals surface area contributed by atoms with Gasteiger partial charge in [-0.3, -0.25) is 0 Å². The number of nitrogens with two attached hydrogens (primary N) is 1. The molecule has 2 N–H and O–H groups in total. The van der Waals surface area contributed by atoms with Crippen molar-refractivity contribution in [3.8, 4) is 5.75 Å². The number of thioether (sulfide) groups is 1. The van der Waals surface area contributed by atoms with Crippen molar-refractivity contribution in [2.24, 2.45) is 5.73 Å². The fourth-order valence-corrected chi connectivity index (χ4v) is 2.01. The van der Waals surface area contributed by atoms with Gasteiger partial charge in [0.2, 0.25) is 5.89 Å². The second kappa shape index (κ2) is 6.42. The van der Waals surface area contributed by atoms with Crippen LogP contribution in [0.1, 0.15) is 11.5 Å². The molecule has 0 aliphatic heterocycles. The van der Waals surface area contributed by atoms with Crippen molar-refractivity contribution in [3.05, 3.63) is 35.7 Å². The van der Waals surface area contributed by atoms with Crippen LogP contribution in [0.4, 0.5) is 0 Å². The molecule has 0 radical (unpaired) electrons. The highest BCUT2D eigenvalue weighted by Crippen LogP contribution is 2.17. The highest BCUT2D eigenvalue weighted by molar-refractivity contribution is 7.99. The van der Waals surface area contributed by atoms with Gasteiger partial charge in [-0.05, 0) is 17.7 Å². The molecule has 0 unspecified atom stereocenters. The Hall–Kier alpha value is -1.53. The van der Waals surface area contributed by atoms with Crippen LogP contribution in [0.15, 0.2) is 33.9 Å². The molecule has 1 heterocycles. The van der Waals surface area contributed by atoms with Crippen molar-refractivity contribution in [3.63, 3.8) is 0 Å². The topological polar surface area (TPSA) is 74.2 Å². The first-order chi connectivity index (χ1) is 8.78. The van der Waals surface area contributed by atoms with Gasteiger partial charge in [-0.1, -0.05) is 23.9 Å². The molecule has 0 spiro atoms. The number of ether oxygens (including phenoxy) is 1. The molecule has 5 nitrogen and oxygen atoms in total. The van der Waals surface area contributed by atoms with E-state index in [1.807, 2.05) is 24.3 Å². The summed E-state index contributed by atoms with van der Waals surface area (Å²) in [6.07, 6.45) is 0. The molecule has 96 valence electrons. The fourth-order valence-electron chi connectivity index (χ4n) is 1.39. The minimum atomic E-state index is 0.521. The van der Waals surface area contributed by atoms with Crippen LogP contribution in [0.25, 0.3) is 0 Å². The molecule has 2 rings (SSSR count). The predicted molar refractivity (Wildman–Crippen MR) is 69.6 cm³/mol. The molecule has 0 bridgehead atoms. The minimum absolute atomic E-state index is 0.521. The van der Waals surface area contributed by atoms with E-state index in [1.54, 1.807) is 6.92 Å². The first-order valence-corrected chi connectivity index (χ1v) is 6.61. The van der Waals surface area contributed by atoms with Gasteiger partial charge in [-0.25, -0.2) is 0 Å². The van der Waals surface area contributed by atoms with Gasteiger partial charge < -0.3 is 14.9 Å². The number of benzene rings is 1. The number of hydrogen-bond acceptors (Lipinski definition) is 6. The molecule has 0 fully saturated rings. The van der Waals surface area contributed by atoms with Crippen molar-refractivity contribution in [1.29, 1.82) is 0 Å². The summed E-state index contributed by atoms with van der Waals surface area (Å²) in [5, 5.41) is 8.22. The first kappa shape index (κ1) is 12.9. The van der Waals surface area contributed by atoms with Crippen molar-refractivity contribution in [2.75, 3.05) is 12.4 Å². The average molecular weight is 265 g/mol. The summed E-state index contributed by atoms with van der Waals surface area (Å²) in [6, 6.07) is 7.77. The highest BCUT2D eigenvalue weighted by Gasteiger charge is 2.02. The maximum absolute atomic E-state index is 5.61. The molecule has 0 atom stereocenters. The van der Waals surface area contributed by atoms with Crippen LogP contribution in [0.5, 0.6) is 5.75 Å². The van der Waals surface area contributed by atoms with E-state index >= 15 is 0 Å². The zero-order chi connectivity index (χ0) is 12.8. The summed E-state index contributed by atoms with van der Waals surface area (Å²) >= 11 is 1.48. The van der Waals surface area contributed by atoms with Gasteiger partial charge >= 0.3 is 0 Å². The van der Waals surface area contributed by atoms with Crippen LogP contribution in [0.3, 0.4) is 0 Å². The second-order valence-electron chi connectivity index (χ2n) is 3.64. The average Bonchev–Trinajstić information content (AvgIpc) is 2.81. The lowest BCUT2D eigenvalue weighted by atomic mass is 10.2. The number of nitrogens with zero attached hydrogens (tertiary/aromatic N) is 2. The van der Waals surface area contributed by atoms with E-state index in [0.29, 0.717) is 24.3 Å². The third-order valence-corrected chi connectivity index (χ3v) is 3.00. The molecule has 18 heavy (non-hydrogen) atoms. The van der Waals surface area contributed by atoms with Crippen LogP contribution in [0.2, 0.25) is 0 Å². The summed E-state index contributed by atoms with van der Waals surface area (Å²) in [5.74, 6) is 2.17. The van der Waals surface area contributed by atoms with E-state index in [1.165, 1.54) is 11.8 Å². The monoisotopic (exact) mass is 265 g/mol. The Morgan fingerprint density at radius 1 is 1.39 bits per heavy atom. The molecule has 0 saturated carbocycles. The second-order valence-corrected chi connectivity index (χ2v) is 4.68. The van der Waals surface area contributed by atoms with Crippen LogP contribution < -0.4 is 10.5 Å². The Labute approximate surface area is 110 Å². The molecular weight excluding hydrogens is 250 g/mol. The molecular formula is C12H15N3O2S. The summed E-state index contributed by atoms with van der Waals surface area (Å²) in [5.41, 5.74) is 6.63. The molecule has 0 aliphatic carbocycles. The SMILES string of the molecule is Cc1nnc(SCCOc2cccc(CN)c2)o1. The van der Waals surface area contributed by atoms with Crippen molar-refractivity contribution in [2.45, 2.75) is 18.7 Å². The molecule has 1 aromatic heterocycles. The number of aromatic nitrogens is 2. The summed E-state index contributed by atoms with van der Waals surface area (Å²) in [7, 11) is 0. The van der Waals surface area contributed by atoms with Crippen LogP contribution in [-0.4, -0.2) is 22.6 Å². The summed E-state index contributed by atoms with van der Waals surface area (Å²) in [4.78, 5) is 0. The number of rotatable bonds is 6. The van der Waals surface area contributed by atoms with Gasteiger partial charge in [-0.15, -0.1) is 10.2 Å². The normalized spacial score (nSPS) is 10.6. The van der Waals surface area contributed by atoms with Crippen molar-refractivity contribution < 1.29 is 9.15 Å². The summed E-state index contributed by atoms with van der Waals surface area (Å²) < 4.78 is 10.9. The third-order valence-electron chi connectivity index (χ3n) is 2.22. The van der Waals surface area contributed by atoms with E-state index in [0.717, 1.165) is 17.1 Å². The van der Waals surface area contributed by atoms with Crippen LogP contribution >= 0.6 is 11.8 Å². The smallest absolute Gasteiger partial charge is 0.276 e. The van der Waals surface area contributed by atoms with E-state index in [9.17, 15) is 0 Å². The van der Waals surface area contributed by atoms with E-state index < -0.39 is 0 Å². The first-order valence-electron chi connectivity index (χ1n) is 5.62. The van der Waals surface area contributed by atoms with E-state index in [2.05, 4.69) is 10.2 Å². The lowest BCUT2D eigenvalue weighted by Crippen LogP contribution is -2.01. The lowest BCUT2D eigenvalue weighted by Gasteiger charge is -2.06. The maximum atomic E-state index is 5.61.